The third-order valence-electron chi connectivity index (χ3n) is 6.15. The molecule has 8 amide bonds. The van der Waals surface area contributed by atoms with E-state index in [0.717, 1.165) is 4.90 Å². The van der Waals surface area contributed by atoms with E-state index in [-0.39, 0.29) is 13.0 Å². The highest BCUT2D eigenvalue weighted by molar-refractivity contribution is 5.99. The van der Waals surface area contributed by atoms with Gasteiger partial charge in [-0.05, 0) is 19.8 Å². The van der Waals surface area contributed by atoms with E-state index >= 15 is 0 Å². The molecule has 20 nitrogen and oxygen atoms in total. The number of nitrogens with two attached hydrogens (primary N) is 4. The van der Waals surface area contributed by atoms with Crippen molar-refractivity contribution in [1.82, 2.24) is 26.2 Å². The number of carboxylic acid groups (broad SMARTS) is 1. The number of aliphatic hydroxyl groups is 1. The largest absolute Gasteiger partial charge is 0.480 e. The van der Waals surface area contributed by atoms with Crippen molar-refractivity contribution in [2.45, 2.75) is 75.3 Å². The molecule has 20 heteroatoms. The molecule has 0 aromatic carbocycles. The van der Waals surface area contributed by atoms with E-state index in [4.69, 9.17) is 22.9 Å². The van der Waals surface area contributed by atoms with Crippen molar-refractivity contribution in [2.75, 3.05) is 13.2 Å². The number of amides is 8. The topological polar surface area (TPSA) is 350 Å². The molecule has 0 spiro atoms. The Labute approximate surface area is 244 Å². The maximum atomic E-state index is 13.1. The Balaban J connectivity index is 3.12. The number of hydrogen-bond acceptors (Lipinski definition) is 11. The summed E-state index contributed by atoms with van der Waals surface area (Å²) >= 11 is 0. The third kappa shape index (κ3) is 11.5. The van der Waals surface area contributed by atoms with Gasteiger partial charge in [-0.25, -0.2) is 4.79 Å². The van der Waals surface area contributed by atoms with Gasteiger partial charge >= 0.3 is 5.97 Å². The van der Waals surface area contributed by atoms with Crippen molar-refractivity contribution >= 4 is 53.2 Å². The summed E-state index contributed by atoms with van der Waals surface area (Å²) in [6, 6.07) is -9.18. The van der Waals surface area contributed by atoms with Crippen LogP contribution in [0, 0.1) is 0 Å². The van der Waals surface area contributed by atoms with Crippen LogP contribution in [0.3, 0.4) is 0 Å². The Hall–Kier alpha value is -4.85. The molecule has 43 heavy (non-hydrogen) atoms. The standard InChI is InChI=1S/C23H37N9O11/c1-9(24)18(37)28-10(5-15(25)34)20(39)31-13(8-33)21(40)29-11(6-16(26)35)19(38)30-12(7-17(27)36)22(41)32-4-2-3-14(32)23(42)43/h9-14,33H,2-8,24H2,1H3,(H2,25,34)(H2,26,35)(H2,27,36)(H,28,37)(H,29,40)(H,30,38)(H,31,39)(H,42,43)/t9-,10-,11-,12-,13-,14-/m0/s1. The Bertz CT molecular complexity index is 1130. The van der Waals surface area contributed by atoms with Crippen LogP contribution in [0.5, 0.6) is 0 Å². The van der Waals surface area contributed by atoms with Crippen molar-refractivity contribution in [3.63, 3.8) is 0 Å². The molecule has 1 aliphatic rings. The van der Waals surface area contributed by atoms with Crippen molar-refractivity contribution in [3.8, 4) is 0 Å². The number of hydrogen-bond donors (Lipinski definition) is 10. The fraction of sp³-hybridized carbons (Fsp3) is 0.609. The van der Waals surface area contributed by atoms with Crippen LogP contribution < -0.4 is 44.2 Å². The first-order chi connectivity index (χ1) is 20.0. The second-order valence-electron chi connectivity index (χ2n) is 9.76. The number of likely N-dealkylation sites (tertiary alicyclic amines) is 1. The highest BCUT2D eigenvalue weighted by atomic mass is 16.4. The molecular weight excluding hydrogens is 578 g/mol. The molecule has 0 saturated carbocycles. The quantitative estimate of drug-likeness (QED) is 0.0729. The van der Waals surface area contributed by atoms with Gasteiger partial charge in [0.25, 0.3) is 0 Å². The van der Waals surface area contributed by atoms with Crippen LogP contribution >= 0.6 is 0 Å². The minimum absolute atomic E-state index is 0.0155. The fourth-order valence-corrected chi connectivity index (χ4v) is 4.02. The molecule has 0 aromatic heterocycles. The van der Waals surface area contributed by atoms with Crippen molar-refractivity contribution < 1.29 is 53.4 Å². The number of aliphatic carboxylic acids is 1. The van der Waals surface area contributed by atoms with Crippen LogP contribution in [0.15, 0.2) is 0 Å². The van der Waals surface area contributed by atoms with Gasteiger partial charge in [0, 0.05) is 6.54 Å². The SMILES string of the molecule is C[C@H](N)C(=O)N[C@@H](CC(N)=O)C(=O)N[C@@H](CO)C(=O)N[C@@H](CC(N)=O)C(=O)N[C@@H](CC(N)=O)C(=O)N1CCC[C@H]1C(=O)O. The predicted molar refractivity (Wildman–Crippen MR) is 142 cm³/mol. The Morgan fingerprint density at radius 1 is 0.721 bits per heavy atom. The molecule has 1 saturated heterocycles. The van der Waals surface area contributed by atoms with Crippen LogP contribution in [-0.2, 0) is 43.2 Å². The first kappa shape index (κ1) is 36.2. The van der Waals surface area contributed by atoms with Crippen LogP contribution in [0.25, 0.3) is 0 Å². The average Bonchev–Trinajstić information content (AvgIpc) is 3.39. The minimum atomic E-state index is -1.81. The zero-order chi connectivity index (χ0) is 33.0. The van der Waals surface area contributed by atoms with Gasteiger partial charge in [0.15, 0.2) is 0 Å². The molecule has 0 bridgehead atoms. The van der Waals surface area contributed by atoms with E-state index in [0.29, 0.717) is 6.42 Å². The summed E-state index contributed by atoms with van der Waals surface area (Å²) in [6.07, 6.45) is -1.84. The molecule has 1 heterocycles. The van der Waals surface area contributed by atoms with E-state index in [1.165, 1.54) is 6.92 Å². The maximum Gasteiger partial charge on any atom is 0.326 e. The van der Waals surface area contributed by atoms with Crippen molar-refractivity contribution in [2.24, 2.45) is 22.9 Å². The first-order valence-corrected chi connectivity index (χ1v) is 12.9. The lowest BCUT2D eigenvalue weighted by atomic mass is 10.1. The Morgan fingerprint density at radius 2 is 1.12 bits per heavy atom. The first-order valence-electron chi connectivity index (χ1n) is 12.9. The summed E-state index contributed by atoms with van der Waals surface area (Å²) in [5.74, 6) is -9.82. The summed E-state index contributed by atoms with van der Waals surface area (Å²) in [7, 11) is 0. The lowest BCUT2D eigenvalue weighted by Crippen LogP contribution is -2.60. The highest BCUT2D eigenvalue weighted by Crippen LogP contribution is 2.19. The fourth-order valence-electron chi connectivity index (χ4n) is 4.02. The molecular formula is C23H37N9O11. The summed E-state index contributed by atoms with van der Waals surface area (Å²) < 4.78 is 0. The molecule has 0 unspecified atom stereocenters. The van der Waals surface area contributed by atoms with Gasteiger partial charge in [0.2, 0.25) is 47.3 Å². The number of carbonyl (C=O) groups excluding carboxylic acids is 8. The number of carbonyl (C=O) groups is 9. The Kier molecular flexibility index (Phi) is 13.9. The van der Waals surface area contributed by atoms with Crippen molar-refractivity contribution in [3.05, 3.63) is 0 Å². The van der Waals surface area contributed by atoms with E-state index in [1.54, 1.807) is 0 Å². The summed E-state index contributed by atoms with van der Waals surface area (Å²) in [4.78, 5) is 111. The van der Waals surface area contributed by atoms with Gasteiger partial charge in [-0.1, -0.05) is 0 Å². The number of aliphatic hydroxyl groups excluding tert-OH is 1. The molecule has 1 fully saturated rings. The van der Waals surface area contributed by atoms with Crippen LogP contribution in [0.4, 0.5) is 0 Å². The number of carboxylic acids is 1. The molecule has 1 aliphatic heterocycles. The number of primary amides is 3. The number of nitrogens with one attached hydrogen (secondary N) is 4. The van der Waals surface area contributed by atoms with Gasteiger partial charge in [0.05, 0.1) is 31.9 Å². The van der Waals surface area contributed by atoms with Crippen molar-refractivity contribution in [1.29, 1.82) is 0 Å². The van der Waals surface area contributed by atoms with Gasteiger partial charge in [-0.3, -0.25) is 38.4 Å². The van der Waals surface area contributed by atoms with E-state index < -0.39 is 115 Å². The predicted octanol–water partition coefficient (Wildman–Crippen LogP) is -7.03. The molecule has 0 radical (unpaired) electrons. The minimum Gasteiger partial charge on any atom is -0.480 e. The number of nitrogens with zero attached hydrogens (tertiary/aromatic N) is 1. The highest BCUT2D eigenvalue weighted by Gasteiger charge is 2.39. The monoisotopic (exact) mass is 615 g/mol. The third-order valence-corrected chi connectivity index (χ3v) is 6.15. The van der Waals surface area contributed by atoms with Crippen LogP contribution in [0.1, 0.15) is 39.0 Å². The molecule has 1 rings (SSSR count). The second-order valence-corrected chi connectivity index (χ2v) is 9.76. The summed E-state index contributed by atoms with van der Waals surface area (Å²) in [5, 5.41) is 27.5. The van der Waals surface area contributed by atoms with Crippen LogP contribution in [0.2, 0.25) is 0 Å². The summed E-state index contributed by atoms with van der Waals surface area (Å²) in [6.45, 7) is 0.239. The van der Waals surface area contributed by atoms with E-state index in [2.05, 4.69) is 21.3 Å². The lowest BCUT2D eigenvalue weighted by Gasteiger charge is -2.28. The van der Waals surface area contributed by atoms with Gasteiger partial charge in [-0.2, -0.15) is 0 Å². The smallest absolute Gasteiger partial charge is 0.326 e. The van der Waals surface area contributed by atoms with Crippen LogP contribution in [-0.4, -0.2) is 118 Å². The molecule has 0 aliphatic carbocycles. The molecule has 240 valence electrons. The molecule has 6 atom stereocenters. The van der Waals surface area contributed by atoms with Gasteiger partial charge < -0.3 is 59.3 Å². The van der Waals surface area contributed by atoms with Gasteiger partial charge in [0.1, 0.15) is 30.2 Å². The van der Waals surface area contributed by atoms with E-state index in [9.17, 15) is 53.4 Å². The zero-order valence-corrected chi connectivity index (χ0v) is 23.2. The number of rotatable bonds is 17. The summed E-state index contributed by atoms with van der Waals surface area (Å²) in [5.41, 5.74) is 20.9. The Morgan fingerprint density at radius 3 is 1.53 bits per heavy atom. The maximum absolute atomic E-state index is 13.1. The van der Waals surface area contributed by atoms with Gasteiger partial charge in [-0.15, -0.1) is 0 Å². The second kappa shape index (κ2) is 16.6. The lowest BCUT2D eigenvalue weighted by molar-refractivity contribution is -0.149. The molecule has 0 aromatic rings. The van der Waals surface area contributed by atoms with E-state index in [1.807, 2.05) is 0 Å². The molecule has 14 N–H and O–H groups in total. The zero-order valence-electron chi connectivity index (χ0n) is 23.2. The average molecular weight is 616 g/mol. The normalized spacial score (nSPS) is 17.7.